The fourth-order valence-electron chi connectivity index (χ4n) is 3.26. The molecule has 0 amide bonds. The summed E-state index contributed by atoms with van der Waals surface area (Å²) >= 11 is 0. The lowest BCUT2D eigenvalue weighted by Crippen LogP contribution is -2.38. The topological polar surface area (TPSA) is 63.5 Å². The van der Waals surface area contributed by atoms with Gasteiger partial charge in [-0.2, -0.15) is 5.10 Å². The van der Waals surface area contributed by atoms with Gasteiger partial charge in [0.15, 0.2) is 5.96 Å². The van der Waals surface area contributed by atoms with Gasteiger partial charge in [0.05, 0.1) is 18.8 Å². The van der Waals surface area contributed by atoms with Gasteiger partial charge in [-0.05, 0) is 57.6 Å². The summed E-state index contributed by atoms with van der Waals surface area (Å²) in [6.45, 7) is 9.34. The first kappa shape index (κ1) is 20.2. The van der Waals surface area contributed by atoms with Crippen LogP contribution in [0.25, 0.3) is 0 Å². The standard InChI is InChI=1S/C22H33N5O/c1-5-23-22(24-13-12-20-16(2)26-27(4)17(20)3)25-14-19-8-6-7-9-21(19)28-15-18-10-11-18/h6-9,18H,5,10-15H2,1-4H3,(H2,23,24,25). The summed E-state index contributed by atoms with van der Waals surface area (Å²) < 4.78 is 7.95. The molecule has 2 N–H and O–H groups in total. The van der Waals surface area contributed by atoms with E-state index in [1.807, 2.05) is 29.9 Å². The number of rotatable bonds is 9. The van der Waals surface area contributed by atoms with Gasteiger partial charge in [0.1, 0.15) is 5.75 Å². The van der Waals surface area contributed by atoms with Gasteiger partial charge in [-0.3, -0.25) is 4.68 Å². The average molecular weight is 384 g/mol. The van der Waals surface area contributed by atoms with E-state index in [9.17, 15) is 0 Å². The Hall–Kier alpha value is -2.50. The van der Waals surface area contributed by atoms with E-state index in [2.05, 4.69) is 42.6 Å². The molecule has 2 aromatic rings. The maximum Gasteiger partial charge on any atom is 0.191 e. The van der Waals surface area contributed by atoms with Crippen molar-refractivity contribution in [2.24, 2.45) is 18.0 Å². The Bertz CT molecular complexity index is 807. The SMILES string of the molecule is CCNC(=NCc1ccccc1OCC1CC1)NCCc1c(C)nn(C)c1C. The number of aliphatic imine (C=N–C) groups is 1. The van der Waals surface area contributed by atoms with E-state index >= 15 is 0 Å². The molecule has 0 radical (unpaired) electrons. The van der Waals surface area contributed by atoms with Gasteiger partial charge in [-0.1, -0.05) is 18.2 Å². The molecule has 6 nitrogen and oxygen atoms in total. The molecule has 1 aliphatic rings. The third-order valence-electron chi connectivity index (χ3n) is 5.22. The van der Waals surface area contributed by atoms with Crippen molar-refractivity contribution >= 4 is 5.96 Å². The lowest BCUT2D eigenvalue weighted by Gasteiger charge is -2.13. The summed E-state index contributed by atoms with van der Waals surface area (Å²) in [6.07, 6.45) is 3.52. The Morgan fingerprint density at radius 3 is 2.71 bits per heavy atom. The predicted octanol–water partition coefficient (Wildman–Crippen LogP) is 3.12. The third kappa shape index (κ3) is 5.50. The first-order valence-electron chi connectivity index (χ1n) is 10.3. The van der Waals surface area contributed by atoms with E-state index in [4.69, 9.17) is 9.73 Å². The fraction of sp³-hybridized carbons (Fsp3) is 0.545. The molecule has 0 atom stereocenters. The Labute approximate surface area is 168 Å². The van der Waals surface area contributed by atoms with Crippen LogP contribution in [0.4, 0.5) is 0 Å². The van der Waals surface area contributed by atoms with Gasteiger partial charge in [-0.15, -0.1) is 0 Å². The number of ether oxygens (including phenoxy) is 1. The molecular formula is C22H33N5O. The number of para-hydroxylation sites is 1. The summed E-state index contributed by atoms with van der Waals surface area (Å²) in [5.41, 5.74) is 4.76. The average Bonchev–Trinajstić information content (AvgIpc) is 3.48. The van der Waals surface area contributed by atoms with Crippen LogP contribution < -0.4 is 15.4 Å². The van der Waals surface area contributed by atoms with Crippen LogP contribution in [0.2, 0.25) is 0 Å². The van der Waals surface area contributed by atoms with Crippen LogP contribution in [0.3, 0.4) is 0 Å². The number of hydrogen-bond donors (Lipinski definition) is 2. The van der Waals surface area contributed by atoms with Gasteiger partial charge >= 0.3 is 0 Å². The van der Waals surface area contributed by atoms with E-state index < -0.39 is 0 Å². The smallest absolute Gasteiger partial charge is 0.191 e. The number of aromatic nitrogens is 2. The second-order valence-corrected chi connectivity index (χ2v) is 7.51. The second kappa shape index (κ2) is 9.62. The summed E-state index contributed by atoms with van der Waals surface area (Å²) in [5.74, 6) is 2.53. The molecule has 1 aromatic heterocycles. The molecule has 1 aliphatic carbocycles. The maximum atomic E-state index is 6.00. The molecule has 0 spiro atoms. The van der Waals surface area contributed by atoms with E-state index in [-0.39, 0.29) is 0 Å². The summed E-state index contributed by atoms with van der Waals surface area (Å²) in [7, 11) is 1.99. The van der Waals surface area contributed by atoms with Gasteiger partial charge in [0.25, 0.3) is 0 Å². The highest BCUT2D eigenvalue weighted by Gasteiger charge is 2.22. The van der Waals surface area contributed by atoms with E-state index in [1.165, 1.54) is 24.1 Å². The van der Waals surface area contributed by atoms with Crippen molar-refractivity contribution in [1.29, 1.82) is 0 Å². The highest BCUT2D eigenvalue weighted by atomic mass is 16.5. The molecule has 1 fully saturated rings. The Kier molecular flexibility index (Phi) is 6.95. The van der Waals surface area contributed by atoms with Crippen LogP contribution in [-0.4, -0.2) is 35.4 Å². The van der Waals surface area contributed by atoms with E-state index in [0.717, 1.165) is 55.0 Å². The van der Waals surface area contributed by atoms with Crippen LogP contribution in [-0.2, 0) is 20.0 Å². The van der Waals surface area contributed by atoms with Crippen LogP contribution >= 0.6 is 0 Å². The summed E-state index contributed by atoms with van der Waals surface area (Å²) in [4.78, 5) is 4.76. The number of benzene rings is 1. The molecule has 152 valence electrons. The Morgan fingerprint density at radius 1 is 1.25 bits per heavy atom. The van der Waals surface area contributed by atoms with Gasteiger partial charge < -0.3 is 15.4 Å². The van der Waals surface area contributed by atoms with Gasteiger partial charge in [0, 0.05) is 31.4 Å². The number of guanidine groups is 1. The van der Waals surface area contributed by atoms with Crippen molar-refractivity contribution in [3.63, 3.8) is 0 Å². The third-order valence-corrected chi connectivity index (χ3v) is 5.22. The van der Waals surface area contributed by atoms with Crippen molar-refractivity contribution in [3.05, 3.63) is 46.8 Å². The molecule has 6 heteroatoms. The molecule has 3 rings (SSSR count). The van der Waals surface area contributed by atoms with Crippen LogP contribution in [0.15, 0.2) is 29.3 Å². The quantitative estimate of drug-likeness (QED) is 0.516. The Balaban J connectivity index is 1.58. The first-order chi connectivity index (χ1) is 13.6. The maximum absolute atomic E-state index is 6.00. The molecule has 1 saturated carbocycles. The molecule has 1 heterocycles. The molecule has 0 unspecified atom stereocenters. The largest absolute Gasteiger partial charge is 0.493 e. The molecule has 1 aromatic carbocycles. The molecule has 0 saturated heterocycles. The van der Waals surface area contributed by atoms with Crippen LogP contribution in [0.5, 0.6) is 5.75 Å². The number of nitrogens with one attached hydrogen (secondary N) is 2. The van der Waals surface area contributed by atoms with Crippen molar-refractivity contribution in [2.75, 3.05) is 19.7 Å². The monoisotopic (exact) mass is 383 g/mol. The van der Waals surface area contributed by atoms with Crippen LogP contribution in [0, 0.1) is 19.8 Å². The lowest BCUT2D eigenvalue weighted by molar-refractivity contribution is 0.297. The highest BCUT2D eigenvalue weighted by Crippen LogP contribution is 2.30. The minimum absolute atomic E-state index is 0.598. The van der Waals surface area contributed by atoms with Gasteiger partial charge in [-0.25, -0.2) is 4.99 Å². The summed E-state index contributed by atoms with van der Waals surface area (Å²) in [5, 5.41) is 11.3. The Morgan fingerprint density at radius 2 is 2.04 bits per heavy atom. The zero-order valence-electron chi connectivity index (χ0n) is 17.6. The minimum Gasteiger partial charge on any atom is -0.493 e. The van der Waals surface area contributed by atoms with Crippen molar-refractivity contribution in [2.45, 2.75) is 46.6 Å². The lowest BCUT2D eigenvalue weighted by atomic mass is 10.1. The predicted molar refractivity (Wildman–Crippen MR) is 114 cm³/mol. The van der Waals surface area contributed by atoms with Gasteiger partial charge in [0.2, 0.25) is 0 Å². The minimum atomic E-state index is 0.598. The first-order valence-corrected chi connectivity index (χ1v) is 10.3. The second-order valence-electron chi connectivity index (χ2n) is 7.51. The van der Waals surface area contributed by atoms with E-state index in [1.54, 1.807) is 0 Å². The molecular weight excluding hydrogens is 350 g/mol. The normalized spacial score (nSPS) is 14.2. The van der Waals surface area contributed by atoms with E-state index in [0.29, 0.717) is 6.54 Å². The molecule has 28 heavy (non-hydrogen) atoms. The zero-order chi connectivity index (χ0) is 19.9. The molecule has 0 aliphatic heterocycles. The molecule has 0 bridgehead atoms. The number of nitrogens with zero attached hydrogens (tertiary/aromatic N) is 3. The fourth-order valence-corrected chi connectivity index (χ4v) is 3.26. The highest BCUT2D eigenvalue weighted by molar-refractivity contribution is 5.79. The zero-order valence-corrected chi connectivity index (χ0v) is 17.6. The number of aryl methyl sites for hydroxylation is 2. The van der Waals surface area contributed by atoms with Crippen LogP contribution in [0.1, 0.15) is 42.3 Å². The van der Waals surface area contributed by atoms with Crippen molar-refractivity contribution in [3.8, 4) is 5.75 Å². The summed E-state index contributed by atoms with van der Waals surface area (Å²) in [6, 6.07) is 8.21. The number of hydrogen-bond acceptors (Lipinski definition) is 3. The van der Waals surface area contributed by atoms with Crippen molar-refractivity contribution < 1.29 is 4.74 Å². The van der Waals surface area contributed by atoms with Crippen molar-refractivity contribution in [1.82, 2.24) is 20.4 Å².